The van der Waals surface area contributed by atoms with Crippen molar-refractivity contribution in [1.29, 1.82) is 0 Å². The topological polar surface area (TPSA) is 52.2 Å². The minimum Gasteiger partial charge on any atom is -0.454 e. The van der Waals surface area contributed by atoms with E-state index in [0.29, 0.717) is 5.92 Å². The Kier molecular flexibility index (Phi) is 2.93. The number of hydrogen-bond donors (Lipinski definition) is 0. The number of para-hydroxylation sites is 1. The molecule has 3 heterocycles. The molecule has 4 heteroatoms. The van der Waals surface area contributed by atoms with E-state index in [0.717, 1.165) is 35.4 Å². The van der Waals surface area contributed by atoms with Gasteiger partial charge in [0, 0.05) is 29.8 Å². The summed E-state index contributed by atoms with van der Waals surface area (Å²) >= 11 is 0. The molecule has 124 valence electrons. The maximum atomic E-state index is 12.4. The predicted molar refractivity (Wildman–Crippen MR) is 96.1 cm³/mol. The molecule has 0 unspecified atom stereocenters. The first-order valence-corrected chi connectivity index (χ1v) is 8.63. The van der Waals surface area contributed by atoms with Gasteiger partial charge in [-0.1, -0.05) is 24.8 Å². The summed E-state index contributed by atoms with van der Waals surface area (Å²) < 4.78 is 8.21. The first-order chi connectivity index (χ1) is 12.2. The van der Waals surface area contributed by atoms with E-state index in [9.17, 15) is 9.59 Å². The molecule has 3 aromatic rings. The van der Waals surface area contributed by atoms with Crippen LogP contribution in [0.4, 0.5) is 0 Å². The number of carbonyl (C=O) groups is 1. The van der Waals surface area contributed by atoms with Gasteiger partial charge in [0.15, 0.2) is 17.0 Å². The SMILES string of the molecule is C=CC(=O)c1cn2c(cc1=O)-c1oc3c(C4CC4)cccc3c1CC2. The van der Waals surface area contributed by atoms with E-state index in [1.807, 2.05) is 4.57 Å². The van der Waals surface area contributed by atoms with Crippen LogP contribution in [0.15, 0.2) is 52.3 Å². The summed E-state index contributed by atoms with van der Waals surface area (Å²) in [5.74, 6) is 1.03. The molecular weight excluding hydrogens is 314 g/mol. The zero-order valence-electron chi connectivity index (χ0n) is 13.7. The molecule has 1 aliphatic carbocycles. The Morgan fingerprint density at radius 1 is 1.32 bits per heavy atom. The van der Waals surface area contributed by atoms with Gasteiger partial charge in [-0.3, -0.25) is 9.59 Å². The Bertz CT molecular complexity index is 1110. The molecule has 4 nitrogen and oxygen atoms in total. The van der Waals surface area contributed by atoms with Crippen LogP contribution in [0.2, 0.25) is 0 Å². The van der Waals surface area contributed by atoms with Crippen LogP contribution in [-0.2, 0) is 13.0 Å². The summed E-state index contributed by atoms with van der Waals surface area (Å²) in [7, 11) is 0. The molecule has 5 rings (SSSR count). The molecule has 0 saturated heterocycles. The number of allylic oxidation sites excluding steroid dienone is 1. The molecule has 0 amide bonds. The van der Waals surface area contributed by atoms with Crippen LogP contribution >= 0.6 is 0 Å². The highest BCUT2D eigenvalue weighted by Gasteiger charge is 2.30. The molecule has 0 spiro atoms. The number of furan rings is 1. The molecular formula is C21H17NO3. The number of nitrogens with zero attached hydrogens (tertiary/aromatic N) is 1. The van der Waals surface area contributed by atoms with Crippen molar-refractivity contribution in [3.8, 4) is 11.5 Å². The van der Waals surface area contributed by atoms with Gasteiger partial charge in [-0.05, 0) is 36.8 Å². The second kappa shape index (κ2) is 5.06. The third-order valence-corrected chi connectivity index (χ3v) is 5.28. The molecule has 1 fully saturated rings. The monoisotopic (exact) mass is 331 g/mol. The fraction of sp³-hybridized carbons (Fsp3) is 0.238. The second-order valence-corrected chi connectivity index (χ2v) is 6.86. The number of benzene rings is 1. The van der Waals surface area contributed by atoms with Gasteiger partial charge < -0.3 is 8.98 Å². The average Bonchev–Trinajstić information content (AvgIpc) is 3.40. The number of aromatic nitrogens is 1. The first-order valence-electron chi connectivity index (χ1n) is 8.63. The molecule has 0 atom stereocenters. The van der Waals surface area contributed by atoms with E-state index in [4.69, 9.17) is 4.42 Å². The first kappa shape index (κ1) is 14.5. The van der Waals surface area contributed by atoms with Gasteiger partial charge in [-0.15, -0.1) is 0 Å². The van der Waals surface area contributed by atoms with Gasteiger partial charge in [0.25, 0.3) is 0 Å². The van der Waals surface area contributed by atoms with Crippen LogP contribution in [0.5, 0.6) is 0 Å². The van der Waals surface area contributed by atoms with E-state index in [2.05, 4.69) is 24.8 Å². The maximum absolute atomic E-state index is 12.4. The molecule has 25 heavy (non-hydrogen) atoms. The van der Waals surface area contributed by atoms with Crippen molar-refractivity contribution in [2.75, 3.05) is 0 Å². The number of hydrogen-bond acceptors (Lipinski definition) is 3. The number of ketones is 1. The fourth-order valence-corrected chi connectivity index (χ4v) is 3.85. The molecule has 2 aliphatic rings. The minimum absolute atomic E-state index is 0.164. The number of fused-ring (bicyclic) bond motifs is 5. The summed E-state index contributed by atoms with van der Waals surface area (Å²) in [6.07, 6.45) is 6.08. The Morgan fingerprint density at radius 3 is 2.92 bits per heavy atom. The second-order valence-electron chi connectivity index (χ2n) is 6.86. The Labute approximate surface area is 144 Å². The fourth-order valence-electron chi connectivity index (χ4n) is 3.85. The third kappa shape index (κ3) is 2.07. The molecule has 1 aromatic carbocycles. The molecule has 1 aliphatic heterocycles. The Morgan fingerprint density at radius 2 is 2.16 bits per heavy atom. The lowest BCUT2D eigenvalue weighted by atomic mass is 9.99. The highest BCUT2D eigenvalue weighted by atomic mass is 16.3. The summed E-state index contributed by atoms with van der Waals surface area (Å²) in [6, 6.07) is 7.87. The van der Waals surface area contributed by atoms with Crippen LogP contribution in [-0.4, -0.2) is 10.4 Å². The summed E-state index contributed by atoms with van der Waals surface area (Å²) in [6.45, 7) is 4.20. The maximum Gasteiger partial charge on any atom is 0.193 e. The van der Waals surface area contributed by atoms with Crippen molar-refractivity contribution < 1.29 is 9.21 Å². The van der Waals surface area contributed by atoms with Gasteiger partial charge in [0.05, 0.1) is 11.3 Å². The van der Waals surface area contributed by atoms with Crippen molar-refractivity contribution in [1.82, 2.24) is 4.57 Å². The quantitative estimate of drug-likeness (QED) is 0.537. The summed E-state index contributed by atoms with van der Waals surface area (Å²) in [5.41, 5.74) is 4.04. The number of pyridine rings is 1. The van der Waals surface area contributed by atoms with E-state index in [1.165, 1.54) is 36.1 Å². The van der Waals surface area contributed by atoms with Gasteiger partial charge in [-0.2, -0.15) is 0 Å². The van der Waals surface area contributed by atoms with Crippen molar-refractivity contribution >= 4 is 16.8 Å². The van der Waals surface area contributed by atoms with Crippen molar-refractivity contribution in [3.05, 3.63) is 70.0 Å². The van der Waals surface area contributed by atoms with Crippen LogP contribution in [0, 0.1) is 0 Å². The van der Waals surface area contributed by atoms with E-state index in [1.54, 1.807) is 6.20 Å². The van der Waals surface area contributed by atoms with E-state index in [-0.39, 0.29) is 16.8 Å². The zero-order valence-corrected chi connectivity index (χ0v) is 13.7. The van der Waals surface area contributed by atoms with Gasteiger partial charge in [0.2, 0.25) is 0 Å². The lowest BCUT2D eigenvalue weighted by molar-refractivity contribution is 0.104. The highest BCUT2D eigenvalue weighted by Crippen LogP contribution is 2.46. The standard InChI is InChI=1S/C21H17NO3/c1-2-18(23)16-11-22-9-8-15-14-5-3-4-13(12-6-7-12)20(14)25-21(15)17(22)10-19(16)24/h2-5,10-12H,1,6-9H2. The summed E-state index contributed by atoms with van der Waals surface area (Å²) in [5, 5.41) is 1.16. The van der Waals surface area contributed by atoms with Crippen molar-refractivity contribution in [3.63, 3.8) is 0 Å². The van der Waals surface area contributed by atoms with Gasteiger partial charge in [0.1, 0.15) is 5.58 Å². The Hall–Kier alpha value is -2.88. The van der Waals surface area contributed by atoms with Crippen molar-refractivity contribution in [2.45, 2.75) is 31.7 Å². The zero-order chi connectivity index (χ0) is 17.1. The average molecular weight is 331 g/mol. The molecule has 0 radical (unpaired) electrons. The number of aryl methyl sites for hydroxylation is 2. The largest absolute Gasteiger partial charge is 0.454 e. The lowest BCUT2D eigenvalue weighted by Gasteiger charge is -2.18. The van der Waals surface area contributed by atoms with Crippen LogP contribution in [0.1, 0.15) is 40.2 Å². The highest BCUT2D eigenvalue weighted by molar-refractivity contribution is 6.04. The van der Waals surface area contributed by atoms with Crippen LogP contribution in [0.25, 0.3) is 22.4 Å². The lowest BCUT2D eigenvalue weighted by Crippen LogP contribution is -2.20. The molecule has 0 N–H and O–H groups in total. The smallest absolute Gasteiger partial charge is 0.193 e. The van der Waals surface area contributed by atoms with Crippen LogP contribution in [0.3, 0.4) is 0 Å². The van der Waals surface area contributed by atoms with Gasteiger partial charge >= 0.3 is 0 Å². The molecule has 1 saturated carbocycles. The molecule has 2 aromatic heterocycles. The minimum atomic E-state index is -0.341. The number of rotatable bonds is 3. The van der Waals surface area contributed by atoms with Crippen molar-refractivity contribution in [2.24, 2.45) is 0 Å². The normalized spacial score (nSPS) is 15.7. The molecule has 0 bridgehead atoms. The summed E-state index contributed by atoms with van der Waals surface area (Å²) in [4.78, 5) is 24.3. The number of carbonyl (C=O) groups excluding carboxylic acids is 1. The van der Waals surface area contributed by atoms with Gasteiger partial charge in [-0.25, -0.2) is 0 Å². The Balaban J connectivity index is 1.75. The van der Waals surface area contributed by atoms with E-state index >= 15 is 0 Å². The third-order valence-electron chi connectivity index (χ3n) is 5.28. The van der Waals surface area contributed by atoms with Crippen LogP contribution < -0.4 is 5.43 Å². The predicted octanol–water partition coefficient (Wildman–Crippen LogP) is 4.06. The van der Waals surface area contributed by atoms with E-state index < -0.39 is 0 Å².